The lowest BCUT2D eigenvalue weighted by Gasteiger charge is -2.32. The second kappa shape index (κ2) is 6.52. The van der Waals surface area contributed by atoms with Gasteiger partial charge in [-0.3, -0.25) is 0 Å². The number of sulfonamides is 1. The largest absolute Gasteiger partial charge is 0.495 e. The van der Waals surface area contributed by atoms with Gasteiger partial charge in [-0.05, 0) is 31.0 Å². The zero-order valence-electron chi connectivity index (χ0n) is 11.9. The van der Waals surface area contributed by atoms with Crippen LogP contribution in [0.5, 0.6) is 5.75 Å². The van der Waals surface area contributed by atoms with Gasteiger partial charge in [0, 0.05) is 6.54 Å². The number of rotatable bonds is 5. The van der Waals surface area contributed by atoms with Crippen LogP contribution in [-0.4, -0.2) is 32.8 Å². The maximum atomic E-state index is 12.2. The summed E-state index contributed by atoms with van der Waals surface area (Å²) in [7, 11) is -2.23. The van der Waals surface area contributed by atoms with Crippen molar-refractivity contribution in [3.63, 3.8) is 0 Å². The van der Waals surface area contributed by atoms with Crippen molar-refractivity contribution in [2.75, 3.05) is 13.7 Å². The minimum absolute atomic E-state index is 0.0268. The molecule has 0 aromatic heterocycles. The molecule has 0 aliphatic heterocycles. The smallest absolute Gasteiger partial charge is 0.240 e. The van der Waals surface area contributed by atoms with Crippen molar-refractivity contribution in [1.82, 2.24) is 4.72 Å². The van der Waals surface area contributed by atoms with Gasteiger partial charge in [-0.25, -0.2) is 13.1 Å². The van der Waals surface area contributed by atoms with Gasteiger partial charge in [0.1, 0.15) is 5.75 Å². The maximum absolute atomic E-state index is 12.2. The van der Waals surface area contributed by atoms with Crippen LogP contribution in [0.1, 0.15) is 32.1 Å². The van der Waals surface area contributed by atoms with Gasteiger partial charge in [-0.2, -0.15) is 0 Å². The molecule has 0 bridgehead atoms. The Kier molecular flexibility index (Phi) is 5.14. The van der Waals surface area contributed by atoms with Crippen molar-refractivity contribution in [3.8, 4) is 5.75 Å². The van der Waals surface area contributed by atoms with E-state index >= 15 is 0 Å². The van der Waals surface area contributed by atoms with Crippen molar-refractivity contribution < 1.29 is 18.3 Å². The van der Waals surface area contributed by atoms with E-state index in [1.165, 1.54) is 25.3 Å². The van der Waals surface area contributed by atoms with Crippen LogP contribution in [0.15, 0.2) is 23.1 Å². The van der Waals surface area contributed by atoms with Crippen LogP contribution in [0.4, 0.5) is 0 Å². The molecule has 1 aliphatic rings. The topological polar surface area (TPSA) is 75.6 Å². The number of hydrogen-bond acceptors (Lipinski definition) is 4. The van der Waals surface area contributed by atoms with Crippen molar-refractivity contribution in [2.45, 2.75) is 42.6 Å². The summed E-state index contributed by atoms with van der Waals surface area (Å²) in [6.45, 7) is 0.0268. The first-order valence-corrected chi connectivity index (χ1v) is 8.78. The summed E-state index contributed by atoms with van der Waals surface area (Å²) in [5.41, 5.74) is -0.943. The van der Waals surface area contributed by atoms with Gasteiger partial charge in [0.25, 0.3) is 0 Å². The molecule has 7 heteroatoms. The Morgan fingerprint density at radius 1 is 1.33 bits per heavy atom. The first kappa shape index (κ1) is 16.5. The fourth-order valence-electron chi connectivity index (χ4n) is 2.51. The molecule has 0 saturated heterocycles. The van der Waals surface area contributed by atoms with Gasteiger partial charge in [-0.15, -0.1) is 0 Å². The Balaban J connectivity index is 2.09. The summed E-state index contributed by atoms with van der Waals surface area (Å²) in [6.07, 6.45) is 4.18. The van der Waals surface area contributed by atoms with E-state index < -0.39 is 15.6 Å². The number of nitrogens with one attached hydrogen (secondary N) is 1. The van der Waals surface area contributed by atoms with Gasteiger partial charge in [0.05, 0.1) is 22.6 Å². The highest BCUT2D eigenvalue weighted by Gasteiger charge is 2.31. The monoisotopic (exact) mass is 333 g/mol. The molecule has 2 rings (SSSR count). The van der Waals surface area contributed by atoms with E-state index in [1.807, 2.05) is 0 Å². The number of benzene rings is 1. The fraction of sp³-hybridized carbons (Fsp3) is 0.571. The third kappa shape index (κ3) is 4.10. The molecule has 1 aromatic carbocycles. The molecular formula is C14H20ClNO4S. The standard InChI is InChI=1S/C14H20ClNO4S/c1-20-13-6-5-11(9-12(13)15)21(18,19)16-10-14(17)7-3-2-4-8-14/h5-6,9,16-17H,2-4,7-8,10H2,1H3. The Bertz CT molecular complexity index is 597. The molecule has 118 valence electrons. The Morgan fingerprint density at radius 2 is 2.00 bits per heavy atom. The van der Waals surface area contributed by atoms with Gasteiger partial charge in [-0.1, -0.05) is 30.9 Å². The molecule has 0 spiro atoms. The highest BCUT2D eigenvalue weighted by Crippen LogP contribution is 2.29. The maximum Gasteiger partial charge on any atom is 0.240 e. The highest BCUT2D eigenvalue weighted by atomic mass is 35.5. The lowest BCUT2D eigenvalue weighted by Crippen LogP contribution is -2.44. The molecule has 1 saturated carbocycles. The Morgan fingerprint density at radius 3 is 2.57 bits per heavy atom. The van der Waals surface area contributed by atoms with Crippen LogP contribution in [0.2, 0.25) is 5.02 Å². The summed E-state index contributed by atoms with van der Waals surface area (Å²) >= 11 is 5.95. The van der Waals surface area contributed by atoms with Crippen LogP contribution < -0.4 is 9.46 Å². The molecule has 1 aromatic rings. The van der Waals surface area contributed by atoms with Crippen LogP contribution >= 0.6 is 11.6 Å². The molecule has 0 amide bonds. The van der Waals surface area contributed by atoms with Crippen molar-refractivity contribution in [1.29, 1.82) is 0 Å². The predicted molar refractivity (Wildman–Crippen MR) is 81.2 cm³/mol. The van der Waals surface area contributed by atoms with Crippen LogP contribution in [0.3, 0.4) is 0 Å². The van der Waals surface area contributed by atoms with E-state index in [9.17, 15) is 13.5 Å². The van der Waals surface area contributed by atoms with Gasteiger partial charge in [0.2, 0.25) is 10.0 Å². The van der Waals surface area contributed by atoms with Gasteiger partial charge in [0.15, 0.2) is 0 Å². The fourth-order valence-corrected chi connectivity index (χ4v) is 3.98. The lowest BCUT2D eigenvalue weighted by molar-refractivity contribution is 0.00945. The number of hydrogen-bond donors (Lipinski definition) is 2. The minimum Gasteiger partial charge on any atom is -0.495 e. The minimum atomic E-state index is -3.70. The molecule has 0 radical (unpaired) electrons. The normalized spacial score (nSPS) is 18.4. The molecular weight excluding hydrogens is 314 g/mol. The van der Waals surface area contributed by atoms with Crippen LogP contribution in [0, 0.1) is 0 Å². The number of halogens is 1. The quantitative estimate of drug-likeness (QED) is 0.867. The molecule has 0 atom stereocenters. The number of methoxy groups -OCH3 is 1. The highest BCUT2D eigenvalue weighted by molar-refractivity contribution is 7.89. The average Bonchev–Trinajstić information content (AvgIpc) is 2.46. The second-order valence-corrected chi connectivity index (χ2v) is 7.58. The number of aliphatic hydroxyl groups is 1. The first-order chi connectivity index (χ1) is 9.86. The summed E-state index contributed by atoms with van der Waals surface area (Å²) in [5, 5.41) is 10.6. The molecule has 1 aliphatic carbocycles. The van der Waals surface area contributed by atoms with Crippen LogP contribution in [0.25, 0.3) is 0 Å². The van der Waals surface area contributed by atoms with E-state index in [1.54, 1.807) is 0 Å². The molecule has 21 heavy (non-hydrogen) atoms. The predicted octanol–water partition coefficient (Wildman–Crippen LogP) is 2.32. The first-order valence-electron chi connectivity index (χ1n) is 6.92. The van der Waals surface area contributed by atoms with E-state index in [4.69, 9.17) is 16.3 Å². The van der Waals surface area contributed by atoms with E-state index in [0.717, 1.165) is 19.3 Å². The second-order valence-electron chi connectivity index (χ2n) is 5.41. The van der Waals surface area contributed by atoms with Crippen molar-refractivity contribution >= 4 is 21.6 Å². The molecule has 2 N–H and O–H groups in total. The SMILES string of the molecule is COc1ccc(S(=O)(=O)NCC2(O)CCCCC2)cc1Cl. The zero-order valence-corrected chi connectivity index (χ0v) is 13.5. The third-order valence-electron chi connectivity index (χ3n) is 3.81. The molecule has 1 fully saturated rings. The van der Waals surface area contributed by atoms with Crippen molar-refractivity contribution in [3.05, 3.63) is 23.2 Å². The van der Waals surface area contributed by atoms with Crippen LogP contribution in [-0.2, 0) is 10.0 Å². The third-order valence-corrected chi connectivity index (χ3v) is 5.50. The van der Waals surface area contributed by atoms with E-state index in [0.29, 0.717) is 18.6 Å². The number of ether oxygens (including phenoxy) is 1. The van der Waals surface area contributed by atoms with Gasteiger partial charge >= 0.3 is 0 Å². The molecule has 0 heterocycles. The van der Waals surface area contributed by atoms with E-state index in [2.05, 4.69) is 4.72 Å². The summed E-state index contributed by atoms with van der Waals surface area (Å²) in [4.78, 5) is 0.0627. The Labute approximate surface area is 130 Å². The van der Waals surface area contributed by atoms with Crippen molar-refractivity contribution in [2.24, 2.45) is 0 Å². The zero-order chi connectivity index (χ0) is 15.5. The average molecular weight is 334 g/mol. The summed E-state index contributed by atoms with van der Waals surface area (Å²) < 4.78 is 32.0. The molecule has 5 nitrogen and oxygen atoms in total. The summed E-state index contributed by atoms with van der Waals surface area (Å²) in [6, 6.07) is 4.28. The Hall–Kier alpha value is -0.820. The summed E-state index contributed by atoms with van der Waals surface area (Å²) in [5.74, 6) is 0.418. The van der Waals surface area contributed by atoms with E-state index in [-0.39, 0.29) is 16.5 Å². The van der Waals surface area contributed by atoms with Gasteiger partial charge < -0.3 is 9.84 Å². The molecule has 0 unspecified atom stereocenters. The lowest BCUT2D eigenvalue weighted by atomic mass is 9.85.